The van der Waals surface area contributed by atoms with E-state index in [1.165, 1.54) is 10.1 Å². The average molecular weight is 331 g/mol. The third-order valence-corrected chi connectivity index (χ3v) is 4.80. The van der Waals surface area contributed by atoms with Crippen molar-refractivity contribution in [1.82, 2.24) is 0 Å². The van der Waals surface area contributed by atoms with E-state index < -0.39 is 0 Å². The quantitative estimate of drug-likeness (QED) is 0.755. The van der Waals surface area contributed by atoms with Crippen molar-refractivity contribution in [3.05, 3.63) is 32.0 Å². The Hall–Kier alpha value is -0.370. The Morgan fingerprint density at radius 2 is 2.00 bits per heavy atom. The van der Waals surface area contributed by atoms with Crippen LogP contribution in [0.15, 0.2) is 26.5 Å². The maximum absolute atomic E-state index is 8.66. The summed E-state index contributed by atoms with van der Waals surface area (Å²) in [5.41, 5.74) is 1.11. The Balaban J connectivity index is 2.69. The van der Waals surface area contributed by atoms with Crippen LogP contribution in [-0.4, -0.2) is 0 Å². The molecule has 0 spiro atoms. The van der Waals surface area contributed by atoms with Crippen LogP contribution in [0.1, 0.15) is 5.56 Å². The molecule has 0 fully saturated rings. The van der Waals surface area contributed by atoms with Gasteiger partial charge in [-0.2, -0.15) is 5.26 Å². The molecule has 0 aliphatic carbocycles. The topological polar surface area (TPSA) is 23.8 Å². The van der Waals surface area contributed by atoms with Crippen LogP contribution in [0.2, 0.25) is 0 Å². The SMILES string of the molecule is N#CCc1csc2cc(Br)c(Br)cc12. The van der Waals surface area contributed by atoms with E-state index in [1.807, 2.05) is 5.38 Å². The van der Waals surface area contributed by atoms with Crippen LogP contribution in [0.3, 0.4) is 0 Å². The van der Waals surface area contributed by atoms with Crippen molar-refractivity contribution in [2.45, 2.75) is 6.42 Å². The lowest BCUT2D eigenvalue weighted by atomic mass is 10.1. The Kier molecular flexibility index (Phi) is 2.91. The lowest BCUT2D eigenvalue weighted by molar-refractivity contribution is 1.30. The van der Waals surface area contributed by atoms with Gasteiger partial charge in [0.15, 0.2) is 0 Å². The first-order valence-corrected chi connectivity index (χ1v) is 6.41. The summed E-state index contributed by atoms with van der Waals surface area (Å²) in [7, 11) is 0. The molecule has 1 heterocycles. The number of fused-ring (bicyclic) bond motifs is 1. The van der Waals surface area contributed by atoms with Crippen molar-refractivity contribution in [2.75, 3.05) is 0 Å². The summed E-state index contributed by atoms with van der Waals surface area (Å²) in [5, 5.41) is 11.9. The molecule has 0 amide bonds. The molecule has 14 heavy (non-hydrogen) atoms. The van der Waals surface area contributed by atoms with Gasteiger partial charge in [-0.25, -0.2) is 0 Å². The van der Waals surface area contributed by atoms with Gasteiger partial charge in [-0.05, 0) is 60.3 Å². The van der Waals surface area contributed by atoms with E-state index in [2.05, 4.69) is 50.1 Å². The molecular formula is C10H5Br2NS. The predicted octanol–water partition coefficient (Wildman–Crippen LogP) is 4.49. The van der Waals surface area contributed by atoms with Crippen molar-refractivity contribution in [3.63, 3.8) is 0 Å². The highest BCUT2D eigenvalue weighted by atomic mass is 79.9. The predicted molar refractivity (Wildman–Crippen MR) is 66.5 cm³/mol. The van der Waals surface area contributed by atoms with Gasteiger partial charge in [-0.1, -0.05) is 0 Å². The monoisotopic (exact) mass is 329 g/mol. The smallest absolute Gasteiger partial charge is 0.0670 e. The number of hydrogen-bond donors (Lipinski definition) is 0. The number of halogens is 2. The second-order valence-corrected chi connectivity index (χ2v) is 5.48. The second kappa shape index (κ2) is 4.01. The summed E-state index contributed by atoms with van der Waals surface area (Å²) >= 11 is 8.60. The number of thiophene rings is 1. The second-order valence-electron chi connectivity index (χ2n) is 2.86. The molecule has 4 heteroatoms. The lowest BCUT2D eigenvalue weighted by Gasteiger charge is -1.97. The normalized spacial score (nSPS) is 10.4. The minimum absolute atomic E-state index is 0.480. The van der Waals surface area contributed by atoms with Crippen molar-refractivity contribution in [1.29, 1.82) is 5.26 Å². The third-order valence-electron chi connectivity index (χ3n) is 1.97. The number of benzene rings is 1. The molecule has 1 nitrogen and oxygen atoms in total. The molecule has 1 aromatic heterocycles. The van der Waals surface area contributed by atoms with Crippen LogP contribution in [0.4, 0.5) is 0 Å². The fourth-order valence-corrected chi connectivity index (χ4v) is 3.12. The van der Waals surface area contributed by atoms with E-state index in [-0.39, 0.29) is 0 Å². The molecule has 0 aliphatic heterocycles. The molecular weight excluding hydrogens is 326 g/mol. The highest BCUT2D eigenvalue weighted by Gasteiger charge is 2.06. The minimum Gasteiger partial charge on any atom is -0.198 e. The van der Waals surface area contributed by atoms with Crippen LogP contribution in [0.5, 0.6) is 0 Å². The summed E-state index contributed by atoms with van der Waals surface area (Å²) in [6.07, 6.45) is 0.480. The van der Waals surface area contributed by atoms with E-state index in [0.717, 1.165) is 14.5 Å². The van der Waals surface area contributed by atoms with Gasteiger partial charge in [-0.15, -0.1) is 11.3 Å². The number of nitrogens with zero attached hydrogens (tertiary/aromatic N) is 1. The first kappa shape index (κ1) is 10.2. The third kappa shape index (κ3) is 1.72. The molecule has 0 N–H and O–H groups in total. The minimum atomic E-state index is 0.480. The molecule has 2 aromatic rings. The number of hydrogen-bond acceptors (Lipinski definition) is 2. The lowest BCUT2D eigenvalue weighted by Crippen LogP contribution is -1.78. The summed E-state index contributed by atoms with van der Waals surface area (Å²) in [6, 6.07) is 6.31. The largest absolute Gasteiger partial charge is 0.198 e. The molecule has 2 rings (SSSR count). The molecule has 0 aliphatic rings. The van der Waals surface area contributed by atoms with Gasteiger partial charge in [-0.3, -0.25) is 0 Å². The van der Waals surface area contributed by atoms with Crippen molar-refractivity contribution in [2.24, 2.45) is 0 Å². The Bertz CT molecular complexity index is 525. The van der Waals surface area contributed by atoms with Crippen LogP contribution < -0.4 is 0 Å². The van der Waals surface area contributed by atoms with Crippen LogP contribution in [0, 0.1) is 11.3 Å². The van der Waals surface area contributed by atoms with Crippen LogP contribution in [-0.2, 0) is 6.42 Å². The zero-order valence-corrected chi connectivity index (χ0v) is 11.0. The maximum atomic E-state index is 8.66. The Morgan fingerprint density at radius 3 is 2.71 bits per heavy atom. The molecule has 1 aromatic carbocycles. The van der Waals surface area contributed by atoms with E-state index >= 15 is 0 Å². The Labute approximate surface area is 103 Å². The zero-order valence-electron chi connectivity index (χ0n) is 7.05. The van der Waals surface area contributed by atoms with E-state index in [4.69, 9.17) is 5.26 Å². The number of nitriles is 1. The summed E-state index contributed by atoms with van der Waals surface area (Å²) in [4.78, 5) is 0. The van der Waals surface area contributed by atoms with Gasteiger partial charge in [0.1, 0.15) is 0 Å². The van der Waals surface area contributed by atoms with Gasteiger partial charge in [0, 0.05) is 13.6 Å². The molecule has 0 radical (unpaired) electrons. The highest BCUT2D eigenvalue weighted by Crippen LogP contribution is 2.34. The standard InChI is InChI=1S/C10H5Br2NS/c11-8-3-7-6(1-2-13)5-14-10(7)4-9(8)12/h3-5H,1H2. The average Bonchev–Trinajstić information content (AvgIpc) is 2.51. The molecule has 0 bridgehead atoms. The van der Waals surface area contributed by atoms with E-state index in [1.54, 1.807) is 11.3 Å². The summed E-state index contributed by atoms with van der Waals surface area (Å²) in [5.74, 6) is 0. The fourth-order valence-electron chi connectivity index (χ4n) is 1.30. The van der Waals surface area contributed by atoms with E-state index in [9.17, 15) is 0 Å². The fraction of sp³-hybridized carbons (Fsp3) is 0.100. The van der Waals surface area contributed by atoms with Crippen molar-refractivity contribution < 1.29 is 0 Å². The summed E-state index contributed by atoms with van der Waals surface area (Å²) in [6.45, 7) is 0. The van der Waals surface area contributed by atoms with Crippen molar-refractivity contribution in [3.8, 4) is 6.07 Å². The van der Waals surface area contributed by atoms with Gasteiger partial charge in [0.2, 0.25) is 0 Å². The summed E-state index contributed by atoms with van der Waals surface area (Å²) < 4.78 is 3.29. The molecule has 0 saturated heterocycles. The zero-order chi connectivity index (χ0) is 10.1. The highest BCUT2D eigenvalue weighted by molar-refractivity contribution is 9.13. The van der Waals surface area contributed by atoms with Gasteiger partial charge < -0.3 is 0 Å². The number of rotatable bonds is 1. The van der Waals surface area contributed by atoms with Crippen molar-refractivity contribution >= 4 is 53.3 Å². The van der Waals surface area contributed by atoms with E-state index in [0.29, 0.717) is 6.42 Å². The molecule has 0 saturated carbocycles. The maximum Gasteiger partial charge on any atom is 0.0670 e. The first-order valence-electron chi connectivity index (χ1n) is 3.94. The molecule has 70 valence electrons. The van der Waals surface area contributed by atoms with Crippen LogP contribution in [0.25, 0.3) is 10.1 Å². The first-order chi connectivity index (χ1) is 6.72. The van der Waals surface area contributed by atoms with Gasteiger partial charge in [0.25, 0.3) is 0 Å². The van der Waals surface area contributed by atoms with Gasteiger partial charge in [0.05, 0.1) is 12.5 Å². The molecule has 0 atom stereocenters. The molecule has 0 unspecified atom stereocenters. The Morgan fingerprint density at radius 1 is 1.29 bits per heavy atom. The van der Waals surface area contributed by atoms with Crippen LogP contribution >= 0.6 is 43.2 Å². The van der Waals surface area contributed by atoms with Gasteiger partial charge >= 0.3 is 0 Å².